The van der Waals surface area contributed by atoms with Gasteiger partial charge in [-0.2, -0.15) is 13.2 Å². The molecule has 1 aromatic rings. The van der Waals surface area contributed by atoms with E-state index in [1.807, 2.05) is 0 Å². The maximum Gasteiger partial charge on any atom is 0.416 e. The summed E-state index contributed by atoms with van der Waals surface area (Å²) in [5.74, 6) is 0.173. The number of benzene rings is 1. The third kappa shape index (κ3) is 2.64. The number of nitrogens with zero attached hydrogens (tertiary/aromatic N) is 1. The highest BCUT2D eigenvalue weighted by atomic mass is 19.4. The molecule has 3 rings (SSSR count). The van der Waals surface area contributed by atoms with Crippen LogP contribution in [0.15, 0.2) is 24.3 Å². The first kappa shape index (κ1) is 14.4. The summed E-state index contributed by atoms with van der Waals surface area (Å²) >= 11 is 0. The molecule has 1 amide bonds. The highest BCUT2D eigenvalue weighted by molar-refractivity contribution is 5.94. The number of amides is 1. The summed E-state index contributed by atoms with van der Waals surface area (Å²) in [5.41, 5.74) is -0.495. The average Bonchev–Trinajstić information content (AvgIpc) is 3.00. The summed E-state index contributed by atoms with van der Waals surface area (Å²) in [6.07, 6.45) is -3.07. The van der Waals surface area contributed by atoms with Crippen molar-refractivity contribution in [2.45, 2.75) is 25.1 Å². The van der Waals surface area contributed by atoms with Crippen molar-refractivity contribution in [2.24, 2.45) is 11.8 Å². The van der Waals surface area contributed by atoms with Gasteiger partial charge in [0.25, 0.3) is 5.91 Å². The summed E-state index contributed by atoms with van der Waals surface area (Å²) in [6.45, 7) is 1.08. The molecule has 0 bridgehead atoms. The van der Waals surface area contributed by atoms with E-state index in [-0.39, 0.29) is 23.5 Å². The number of aliphatic hydroxyl groups excluding tert-OH is 1. The molecule has 0 spiro atoms. The van der Waals surface area contributed by atoms with Gasteiger partial charge in [-0.15, -0.1) is 0 Å². The fourth-order valence-corrected chi connectivity index (χ4v) is 3.39. The van der Waals surface area contributed by atoms with Crippen molar-refractivity contribution in [1.29, 1.82) is 0 Å². The van der Waals surface area contributed by atoms with Crippen LogP contribution in [0.4, 0.5) is 13.2 Å². The Hall–Kier alpha value is -1.56. The third-order valence-electron chi connectivity index (χ3n) is 4.57. The molecule has 114 valence electrons. The van der Waals surface area contributed by atoms with Crippen LogP contribution >= 0.6 is 0 Å². The molecule has 1 saturated carbocycles. The second-order valence-electron chi connectivity index (χ2n) is 5.85. The van der Waals surface area contributed by atoms with E-state index in [2.05, 4.69) is 0 Å². The molecule has 1 aliphatic carbocycles. The van der Waals surface area contributed by atoms with Crippen LogP contribution in [0.3, 0.4) is 0 Å². The van der Waals surface area contributed by atoms with Crippen molar-refractivity contribution in [3.63, 3.8) is 0 Å². The lowest BCUT2D eigenvalue weighted by Crippen LogP contribution is -2.31. The fraction of sp³-hybridized carbons (Fsp3) is 0.533. The lowest BCUT2D eigenvalue weighted by Gasteiger charge is -2.18. The molecule has 1 N–H and O–H groups in total. The zero-order valence-corrected chi connectivity index (χ0v) is 11.3. The third-order valence-corrected chi connectivity index (χ3v) is 4.57. The summed E-state index contributed by atoms with van der Waals surface area (Å²) in [6, 6.07) is 4.29. The van der Waals surface area contributed by atoms with Crippen molar-refractivity contribution < 1.29 is 23.1 Å². The van der Waals surface area contributed by atoms with E-state index in [0.29, 0.717) is 19.0 Å². The van der Waals surface area contributed by atoms with Gasteiger partial charge in [0.15, 0.2) is 0 Å². The first-order valence-corrected chi connectivity index (χ1v) is 7.01. The van der Waals surface area contributed by atoms with Crippen LogP contribution in [0.2, 0.25) is 0 Å². The number of aliphatic hydroxyl groups is 1. The number of hydrogen-bond donors (Lipinski definition) is 1. The largest absolute Gasteiger partial charge is 0.416 e. The van der Waals surface area contributed by atoms with E-state index in [9.17, 15) is 23.1 Å². The molecule has 0 aromatic heterocycles. The van der Waals surface area contributed by atoms with Gasteiger partial charge in [0.05, 0.1) is 11.7 Å². The molecule has 3 atom stereocenters. The van der Waals surface area contributed by atoms with Crippen LogP contribution in [0.5, 0.6) is 0 Å². The normalized spacial score (nSPS) is 28.8. The fourth-order valence-electron chi connectivity index (χ4n) is 3.39. The molecule has 1 aliphatic heterocycles. The Kier molecular flexibility index (Phi) is 3.43. The number of halogens is 3. The Morgan fingerprint density at radius 2 is 1.81 bits per heavy atom. The molecule has 2 fully saturated rings. The van der Waals surface area contributed by atoms with E-state index >= 15 is 0 Å². The quantitative estimate of drug-likeness (QED) is 0.866. The Morgan fingerprint density at radius 1 is 1.14 bits per heavy atom. The van der Waals surface area contributed by atoms with E-state index < -0.39 is 11.7 Å². The molecular weight excluding hydrogens is 283 g/mol. The molecule has 1 aromatic carbocycles. The van der Waals surface area contributed by atoms with Gasteiger partial charge in [-0.3, -0.25) is 4.79 Å². The highest BCUT2D eigenvalue weighted by Gasteiger charge is 2.43. The Balaban J connectivity index is 1.72. The van der Waals surface area contributed by atoms with Crippen molar-refractivity contribution >= 4 is 5.91 Å². The van der Waals surface area contributed by atoms with Gasteiger partial charge >= 0.3 is 6.18 Å². The average molecular weight is 299 g/mol. The lowest BCUT2D eigenvalue weighted by molar-refractivity contribution is -0.137. The molecular formula is C15H16F3NO2. The van der Waals surface area contributed by atoms with Gasteiger partial charge in [-0.1, -0.05) is 0 Å². The van der Waals surface area contributed by atoms with Crippen LogP contribution in [-0.2, 0) is 6.18 Å². The second-order valence-corrected chi connectivity index (χ2v) is 5.85. The van der Waals surface area contributed by atoms with Crippen LogP contribution in [0, 0.1) is 11.8 Å². The zero-order chi connectivity index (χ0) is 15.2. The number of rotatable bonds is 1. The van der Waals surface area contributed by atoms with Crippen molar-refractivity contribution in [3.8, 4) is 0 Å². The molecule has 21 heavy (non-hydrogen) atoms. The molecule has 0 radical (unpaired) electrons. The monoisotopic (exact) mass is 299 g/mol. The Labute approximate surface area is 120 Å². The predicted octanol–water partition coefficient (Wildman–Crippen LogP) is 2.55. The molecule has 3 unspecified atom stereocenters. The smallest absolute Gasteiger partial charge is 0.393 e. The van der Waals surface area contributed by atoms with Gasteiger partial charge in [0.1, 0.15) is 0 Å². The summed E-state index contributed by atoms with van der Waals surface area (Å²) in [7, 11) is 0. The molecule has 1 heterocycles. The van der Waals surface area contributed by atoms with Crippen molar-refractivity contribution in [1.82, 2.24) is 4.90 Å². The molecule has 6 heteroatoms. The van der Waals surface area contributed by atoms with Gasteiger partial charge in [0.2, 0.25) is 0 Å². The van der Waals surface area contributed by atoms with E-state index in [0.717, 1.165) is 25.0 Å². The number of fused-ring (bicyclic) bond motifs is 1. The predicted molar refractivity (Wildman–Crippen MR) is 69.6 cm³/mol. The number of carbonyl (C=O) groups is 1. The Morgan fingerprint density at radius 3 is 2.38 bits per heavy atom. The number of likely N-dealkylation sites (tertiary alicyclic amines) is 1. The summed E-state index contributed by atoms with van der Waals surface area (Å²) in [5, 5.41) is 9.83. The molecule has 2 aliphatic rings. The van der Waals surface area contributed by atoms with Gasteiger partial charge in [-0.05, 0) is 43.0 Å². The maximum atomic E-state index is 12.5. The van der Waals surface area contributed by atoms with Crippen LogP contribution in [0.1, 0.15) is 28.8 Å². The molecule has 3 nitrogen and oxygen atoms in total. The van der Waals surface area contributed by atoms with Crippen LogP contribution in [-0.4, -0.2) is 35.1 Å². The van der Waals surface area contributed by atoms with Gasteiger partial charge < -0.3 is 10.0 Å². The standard InChI is InChI=1S/C15H16F3NO2/c16-15(17,18)11-4-1-9(2-5-11)14(21)19-7-10-3-6-13(20)12(10)8-19/h1-2,4-5,10,12-13,20H,3,6-8H2. The number of carbonyl (C=O) groups excluding carboxylic acids is 1. The van der Waals surface area contributed by atoms with Crippen LogP contribution in [0.25, 0.3) is 0 Å². The van der Waals surface area contributed by atoms with E-state index in [1.54, 1.807) is 4.90 Å². The van der Waals surface area contributed by atoms with E-state index in [4.69, 9.17) is 0 Å². The van der Waals surface area contributed by atoms with Crippen molar-refractivity contribution in [2.75, 3.05) is 13.1 Å². The van der Waals surface area contributed by atoms with Crippen LogP contribution < -0.4 is 0 Å². The van der Waals surface area contributed by atoms with E-state index in [1.165, 1.54) is 12.1 Å². The maximum absolute atomic E-state index is 12.5. The summed E-state index contributed by atoms with van der Waals surface area (Å²) in [4.78, 5) is 13.9. The summed E-state index contributed by atoms with van der Waals surface area (Å²) < 4.78 is 37.5. The van der Waals surface area contributed by atoms with Crippen molar-refractivity contribution in [3.05, 3.63) is 35.4 Å². The number of hydrogen-bond acceptors (Lipinski definition) is 2. The zero-order valence-electron chi connectivity index (χ0n) is 11.3. The molecule has 1 saturated heterocycles. The Bertz CT molecular complexity index is 541. The highest BCUT2D eigenvalue weighted by Crippen LogP contribution is 2.38. The minimum absolute atomic E-state index is 0.114. The minimum atomic E-state index is -4.39. The number of alkyl halides is 3. The topological polar surface area (TPSA) is 40.5 Å². The minimum Gasteiger partial charge on any atom is -0.393 e. The first-order chi connectivity index (χ1) is 9.86. The van der Waals surface area contributed by atoms with Gasteiger partial charge in [0, 0.05) is 24.6 Å². The SMILES string of the molecule is O=C(c1ccc(C(F)(F)F)cc1)N1CC2CCC(O)C2C1. The second kappa shape index (κ2) is 5.02. The first-order valence-electron chi connectivity index (χ1n) is 7.01. The lowest BCUT2D eigenvalue weighted by atomic mass is 10.00. The van der Waals surface area contributed by atoms with Gasteiger partial charge in [-0.25, -0.2) is 0 Å².